The first-order valence-corrected chi connectivity index (χ1v) is 4.80. The lowest BCUT2D eigenvalue weighted by Gasteiger charge is -2.23. The van der Waals surface area contributed by atoms with Gasteiger partial charge < -0.3 is 0 Å². The topological polar surface area (TPSA) is 20.3 Å². The van der Waals surface area contributed by atoms with Gasteiger partial charge in [0.15, 0.2) is 5.78 Å². The van der Waals surface area contributed by atoms with E-state index in [0.29, 0.717) is 5.78 Å². The summed E-state index contributed by atoms with van der Waals surface area (Å²) in [6.45, 7) is 2.11. The molecule has 0 aromatic rings. The van der Waals surface area contributed by atoms with Crippen LogP contribution < -0.4 is 0 Å². The highest BCUT2D eigenvalue weighted by Crippen LogP contribution is 2.19. The van der Waals surface area contributed by atoms with E-state index in [1.165, 1.54) is 12.8 Å². The van der Waals surface area contributed by atoms with E-state index >= 15 is 0 Å². The Kier molecular flexibility index (Phi) is 2.26. The van der Waals surface area contributed by atoms with Crippen LogP contribution in [0.1, 0.15) is 25.7 Å². The minimum absolute atomic E-state index is 0.224. The van der Waals surface area contributed by atoms with Crippen molar-refractivity contribution in [1.82, 2.24) is 4.90 Å². The third-order valence-corrected chi connectivity index (χ3v) is 2.80. The minimum atomic E-state index is 0.224. The summed E-state index contributed by atoms with van der Waals surface area (Å²) >= 11 is 0. The van der Waals surface area contributed by atoms with E-state index in [2.05, 4.69) is 17.1 Å². The van der Waals surface area contributed by atoms with Crippen LogP contribution in [0.3, 0.4) is 0 Å². The fourth-order valence-corrected chi connectivity index (χ4v) is 2.08. The summed E-state index contributed by atoms with van der Waals surface area (Å²) in [6.07, 6.45) is 8.48. The summed E-state index contributed by atoms with van der Waals surface area (Å²) in [5.74, 6) is 0.446. The molecule has 12 heavy (non-hydrogen) atoms. The van der Waals surface area contributed by atoms with Crippen molar-refractivity contribution in [1.29, 1.82) is 0 Å². The first kappa shape index (κ1) is 7.99. The van der Waals surface area contributed by atoms with E-state index in [1.54, 1.807) is 0 Å². The third-order valence-electron chi connectivity index (χ3n) is 2.80. The Balaban J connectivity index is 2.08. The molecular weight excluding hydrogens is 150 g/mol. The lowest BCUT2D eigenvalue weighted by Crippen LogP contribution is -2.33. The second-order valence-electron chi connectivity index (χ2n) is 3.62. The zero-order chi connectivity index (χ0) is 8.39. The Bertz CT molecular complexity index is 210. The van der Waals surface area contributed by atoms with Gasteiger partial charge in [-0.3, -0.25) is 9.69 Å². The predicted octanol–water partition coefficient (Wildman–Crippen LogP) is 1.37. The van der Waals surface area contributed by atoms with Crippen LogP contribution in [-0.4, -0.2) is 29.8 Å². The first-order valence-electron chi connectivity index (χ1n) is 4.80. The van der Waals surface area contributed by atoms with E-state index < -0.39 is 0 Å². The molecule has 1 saturated heterocycles. The molecule has 1 fully saturated rings. The van der Waals surface area contributed by atoms with Crippen LogP contribution in [0, 0.1) is 0 Å². The van der Waals surface area contributed by atoms with Crippen molar-refractivity contribution in [2.24, 2.45) is 0 Å². The number of hydrogen-bond donors (Lipinski definition) is 0. The molecule has 0 bridgehead atoms. The number of nitrogens with zero attached hydrogens (tertiary/aromatic N) is 1. The molecule has 1 atom stereocenters. The first-order chi connectivity index (χ1) is 5.88. The molecule has 2 rings (SSSR count). The Morgan fingerprint density at radius 2 is 2.25 bits per heavy atom. The van der Waals surface area contributed by atoms with Crippen molar-refractivity contribution >= 4 is 5.78 Å². The third kappa shape index (κ3) is 1.44. The number of carbonyl (C=O) groups excluding carboxylic acids is 1. The van der Waals surface area contributed by atoms with Gasteiger partial charge in [0.05, 0.1) is 6.04 Å². The van der Waals surface area contributed by atoms with Crippen molar-refractivity contribution < 1.29 is 4.79 Å². The molecule has 0 saturated carbocycles. The van der Waals surface area contributed by atoms with E-state index in [0.717, 1.165) is 25.9 Å². The van der Waals surface area contributed by atoms with Crippen LogP contribution in [0.25, 0.3) is 0 Å². The Labute approximate surface area is 73.2 Å². The van der Waals surface area contributed by atoms with Gasteiger partial charge in [-0.25, -0.2) is 0 Å². The van der Waals surface area contributed by atoms with Crippen molar-refractivity contribution in [3.63, 3.8) is 0 Å². The maximum absolute atomic E-state index is 11.4. The molecule has 0 spiro atoms. The minimum Gasteiger partial charge on any atom is -0.298 e. The highest BCUT2D eigenvalue weighted by Gasteiger charge is 2.30. The number of fused-ring (bicyclic) bond motifs is 1. The van der Waals surface area contributed by atoms with E-state index in [-0.39, 0.29) is 6.04 Å². The summed E-state index contributed by atoms with van der Waals surface area (Å²) in [6, 6.07) is 0.224. The summed E-state index contributed by atoms with van der Waals surface area (Å²) in [7, 11) is 0. The maximum Gasteiger partial charge on any atom is 0.151 e. The van der Waals surface area contributed by atoms with Crippen molar-refractivity contribution in [2.45, 2.75) is 31.7 Å². The van der Waals surface area contributed by atoms with Crippen LogP contribution in [0.2, 0.25) is 0 Å². The zero-order valence-corrected chi connectivity index (χ0v) is 7.33. The summed E-state index contributed by atoms with van der Waals surface area (Å²) < 4.78 is 0. The van der Waals surface area contributed by atoms with Crippen molar-refractivity contribution in [3.8, 4) is 0 Å². The van der Waals surface area contributed by atoms with Gasteiger partial charge >= 0.3 is 0 Å². The van der Waals surface area contributed by atoms with Crippen LogP contribution in [-0.2, 0) is 4.79 Å². The SMILES string of the molecule is O=C1CCN2CCC/C=C\CC12. The van der Waals surface area contributed by atoms with Crippen LogP contribution in [0.15, 0.2) is 12.2 Å². The average molecular weight is 165 g/mol. The normalized spacial score (nSPS) is 34.0. The molecule has 2 aliphatic heterocycles. The Morgan fingerprint density at radius 3 is 3.17 bits per heavy atom. The lowest BCUT2D eigenvalue weighted by molar-refractivity contribution is -0.119. The molecule has 0 N–H and O–H groups in total. The highest BCUT2D eigenvalue weighted by molar-refractivity contribution is 5.86. The van der Waals surface area contributed by atoms with Crippen LogP contribution in [0.5, 0.6) is 0 Å². The zero-order valence-electron chi connectivity index (χ0n) is 7.33. The number of hydrogen-bond acceptors (Lipinski definition) is 2. The summed E-state index contributed by atoms with van der Waals surface area (Å²) in [5, 5.41) is 0. The predicted molar refractivity (Wildman–Crippen MR) is 48.0 cm³/mol. The van der Waals surface area contributed by atoms with Gasteiger partial charge in [0.25, 0.3) is 0 Å². The maximum atomic E-state index is 11.4. The average Bonchev–Trinajstić information content (AvgIpc) is 2.31. The number of allylic oxidation sites excluding steroid dienone is 1. The van der Waals surface area contributed by atoms with Gasteiger partial charge in [-0.15, -0.1) is 0 Å². The highest BCUT2D eigenvalue weighted by atomic mass is 16.1. The number of carbonyl (C=O) groups is 1. The number of ketones is 1. The molecule has 2 nitrogen and oxygen atoms in total. The molecule has 0 aliphatic carbocycles. The van der Waals surface area contributed by atoms with Crippen molar-refractivity contribution in [2.75, 3.05) is 13.1 Å². The van der Waals surface area contributed by atoms with Gasteiger partial charge in [0.1, 0.15) is 0 Å². The van der Waals surface area contributed by atoms with Gasteiger partial charge in [-0.2, -0.15) is 0 Å². The molecule has 2 heteroatoms. The fraction of sp³-hybridized carbons (Fsp3) is 0.700. The molecule has 0 radical (unpaired) electrons. The molecule has 66 valence electrons. The van der Waals surface area contributed by atoms with E-state index in [1.807, 2.05) is 0 Å². The molecule has 1 unspecified atom stereocenters. The largest absolute Gasteiger partial charge is 0.298 e. The smallest absolute Gasteiger partial charge is 0.151 e. The fourth-order valence-electron chi connectivity index (χ4n) is 2.08. The summed E-state index contributed by atoms with van der Waals surface area (Å²) in [4.78, 5) is 13.7. The Hall–Kier alpha value is -0.630. The summed E-state index contributed by atoms with van der Waals surface area (Å²) in [5.41, 5.74) is 0. The monoisotopic (exact) mass is 165 g/mol. The molecular formula is C10H15NO. The van der Waals surface area contributed by atoms with Crippen LogP contribution >= 0.6 is 0 Å². The number of rotatable bonds is 0. The number of Topliss-reactive ketones (excluding diaryl/α,β-unsaturated/α-hetero) is 1. The molecule has 2 heterocycles. The van der Waals surface area contributed by atoms with Gasteiger partial charge in [0, 0.05) is 13.0 Å². The Morgan fingerprint density at radius 1 is 1.33 bits per heavy atom. The van der Waals surface area contributed by atoms with Crippen LogP contribution in [0.4, 0.5) is 0 Å². The lowest BCUT2D eigenvalue weighted by atomic mass is 10.1. The molecule has 2 aliphatic rings. The molecule has 0 aromatic heterocycles. The van der Waals surface area contributed by atoms with Gasteiger partial charge in [-0.05, 0) is 25.8 Å². The van der Waals surface area contributed by atoms with Gasteiger partial charge in [0.2, 0.25) is 0 Å². The second kappa shape index (κ2) is 3.40. The standard InChI is InChI=1S/C10H15NO/c12-10-6-8-11-7-4-2-1-3-5-9(10)11/h1,3,9H,2,4-8H2/b3-1-. The molecule has 0 aromatic carbocycles. The van der Waals surface area contributed by atoms with Gasteiger partial charge in [-0.1, -0.05) is 12.2 Å². The van der Waals surface area contributed by atoms with E-state index in [4.69, 9.17) is 0 Å². The second-order valence-corrected chi connectivity index (χ2v) is 3.62. The van der Waals surface area contributed by atoms with E-state index in [9.17, 15) is 4.79 Å². The quantitative estimate of drug-likeness (QED) is 0.505. The molecule has 0 amide bonds. The van der Waals surface area contributed by atoms with Crippen molar-refractivity contribution in [3.05, 3.63) is 12.2 Å².